The lowest BCUT2D eigenvalue weighted by atomic mass is 10.1. The monoisotopic (exact) mass is 332 g/mol. The molecule has 0 N–H and O–H groups in total. The van der Waals surface area contributed by atoms with Crippen LogP contribution in [0.3, 0.4) is 0 Å². The van der Waals surface area contributed by atoms with Gasteiger partial charge in [-0.1, -0.05) is 0 Å². The summed E-state index contributed by atoms with van der Waals surface area (Å²) in [6.45, 7) is 2.17. The van der Waals surface area contributed by atoms with E-state index >= 15 is 0 Å². The van der Waals surface area contributed by atoms with Crippen LogP contribution in [0, 0.1) is 22.9 Å². The fourth-order valence-corrected chi connectivity index (χ4v) is 2.15. The van der Waals surface area contributed by atoms with Gasteiger partial charge in [0.15, 0.2) is 0 Å². The Morgan fingerprint density at radius 2 is 1.92 bits per heavy atom. The first-order valence-electron chi connectivity index (χ1n) is 7.27. The molecule has 0 saturated heterocycles. The number of hydrogen-bond donors (Lipinski definition) is 0. The Balaban J connectivity index is 1.93. The van der Waals surface area contributed by atoms with Crippen molar-refractivity contribution in [3.05, 3.63) is 69.5 Å². The van der Waals surface area contributed by atoms with Crippen molar-refractivity contribution < 1.29 is 18.8 Å². The highest BCUT2D eigenvalue weighted by atomic mass is 19.1. The van der Waals surface area contributed by atoms with Gasteiger partial charge in [0.2, 0.25) is 0 Å². The lowest BCUT2D eigenvalue weighted by molar-refractivity contribution is -0.385. The number of ether oxygens (including phenoxy) is 1. The summed E-state index contributed by atoms with van der Waals surface area (Å²) in [6, 6.07) is 9.87. The number of carbonyl (C=O) groups excluding carboxylic acids is 1. The largest absolute Gasteiger partial charge is 0.492 e. The number of hydrogen-bond acceptors (Lipinski definition) is 4. The van der Waals surface area contributed by atoms with E-state index in [1.54, 1.807) is 14.0 Å². The van der Waals surface area contributed by atoms with Gasteiger partial charge in [0, 0.05) is 24.2 Å². The highest BCUT2D eigenvalue weighted by molar-refractivity contribution is 5.94. The molecule has 0 aliphatic rings. The zero-order chi connectivity index (χ0) is 17.7. The average molecular weight is 332 g/mol. The zero-order valence-electron chi connectivity index (χ0n) is 13.4. The Labute approximate surface area is 138 Å². The number of aryl methyl sites for hydroxylation is 1. The summed E-state index contributed by atoms with van der Waals surface area (Å²) in [5.41, 5.74) is 0.790. The number of rotatable bonds is 6. The van der Waals surface area contributed by atoms with Crippen LogP contribution in [-0.2, 0) is 0 Å². The van der Waals surface area contributed by atoms with Gasteiger partial charge in [0.25, 0.3) is 11.6 Å². The molecule has 0 aliphatic heterocycles. The van der Waals surface area contributed by atoms with E-state index in [2.05, 4.69) is 0 Å². The highest BCUT2D eigenvalue weighted by Gasteiger charge is 2.16. The molecular weight excluding hydrogens is 315 g/mol. The molecule has 0 aromatic heterocycles. The van der Waals surface area contributed by atoms with Gasteiger partial charge < -0.3 is 9.64 Å². The Morgan fingerprint density at radius 3 is 2.50 bits per heavy atom. The predicted octanol–water partition coefficient (Wildman–Crippen LogP) is 3.19. The van der Waals surface area contributed by atoms with Gasteiger partial charge in [-0.3, -0.25) is 14.9 Å². The van der Waals surface area contributed by atoms with Crippen LogP contribution in [0.15, 0.2) is 42.5 Å². The number of nitrogens with zero attached hydrogens (tertiary/aromatic N) is 2. The fraction of sp³-hybridized carbons (Fsp3) is 0.235. The number of likely N-dealkylation sites (N-methyl/N-ethyl adjacent to an activating group) is 1. The molecule has 0 spiro atoms. The van der Waals surface area contributed by atoms with Gasteiger partial charge in [-0.2, -0.15) is 0 Å². The normalized spacial score (nSPS) is 10.3. The van der Waals surface area contributed by atoms with E-state index in [1.807, 2.05) is 0 Å². The van der Waals surface area contributed by atoms with Crippen molar-refractivity contribution in [1.29, 1.82) is 0 Å². The second-order valence-electron chi connectivity index (χ2n) is 5.29. The molecule has 2 aromatic rings. The number of amides is 1. The SMILES string of the molecule is Cc1cc(C(=O)N(C)CCOc2ccc(F)cc2)ccc1[N+](=O)[O-]. The molecular formula is C17H17FN2O4. The van der Waals surface area contributed by atoms with Gasteiger partial charge in [-0.15, -0.1) is 0 Å². The molecule has 0 saturated carbocycles. The number of benzene rings is 2. The molecule has 126 valence electrons. The van der Waals surface area contributed by atoms with Crippen molar-refractivity contribution in [2.75, 3.05) is 20.2 Å². The molecule has 2 rings (SSSR count). The Hall–Kier alpha value is -2.96. The third-order valence-corrected chi connectivity index (χ3v) is 3.50. The zero-order valence-corrected chi connectivity index (χ0v) is 13.4. The summed E-state index contributed by atoms with van der Waals surface area (Å²) in [6.07, 6.45) is 0. The van der Waals surface area contributed by atoms with E-state index in [1.165, 1.54) is 47.4 Å². The number of carbonyl (C=O) groups is 1. The quantitative estimate of drug-likeness (QED) is 0.601. The summed E-state index contributed by atoms with van der Waals surface area (Å²) >= 11 is 0. The third kappa shape index (κ3) is 4.28. The number of nitro groups is 1. The van der Waals surface area contributed by atoms with Crippen LogP contribution in [0.5, 0.6) is 5.75 Å². The molecule has 2 aromatic carbocycles. The molecule has 0 unspecified atom stereocenters. The summed E-state index contributed by atoms with van der Waals surface area (Å²) in [4.78, 5) is 24.1. The summed E-state index contributed by atoms with van der Waals surface area (Å²) in [5.74, 6) is -0.0812. The minimum atomic E-state index is -0.482. The molecule has 0 radical (unpaired) electrons. The Morgan fingerprint density at radius 1 is 1.25 bits per heavy atom. The number of nitro benzene ring substituents is 1. The van der Waals surface area contributed by atoms with Crippen LogP contribution in [-0.4, -0.2) is 35.9 Å². The smallest absolute Gasteiger partial charge is 0.272 e. The first-order valence-corrected chi connectivity index (χ1v) is 7.27. The van der Waals surface area contributed by atoms with Crippen LogP contribution >= 0.6 is 0 Å². The van der Waals surface area contributed by atoms with Crippen LogP contribution in [0.2, 0.25) is 0 Å². The maximum atomic E-state index is 12.8. The second-order valence-corrected chi connectivity index (χ2v) is 5.29. The fourth-order valence-electron chi connectivity index (χ4n) is 2.15. The first-order chi connectivity index (χ1) is 11.4. The van der Waals surface area contributed by atoms with Crippen LogP contribution in [0.25, 0.3) is 0 Å². The van der Waals surface area contributed by atoms with Crippen LogP contribution in [0.1, 0.15) is 15.9 Å². The van der Waals surface area contributed by atoms with Crippen molar-refractivity contribution in [1.82, 2.24) is 4.90 Å². The van der Waals surface area contributed by atoms with Crippen molar-refractivity contribution in [2.45, 2.75) is 6.92 Å². The predicted molar refractivity (Wildman–Crippen MR) is 86.7 cm³/mol. The van der Waals surface area contributed by atoms with E-state index in [0.717, 1.165) is 0 Å². The van der Waals surface area contributed by atoms with E-state index in [9.17, 15) is 19.3 Å². The molecule has 0 atom stereocenters. The maximum Gasteiger partial charge on any atom is 0.272 e. The van der Waals surface area contributed by atoms with Gasteiger partial charge in [-0.25, -0.2) is 4.39 Å². The minimum Gasteiger partial charge on any atom is -0.492 e. The highest BCUT2D eigenvalue weighted by Crippen LogP contribution is 2.19. The van der Waals surface area contributed by atoms with E-state index < -0.39 is 4.92 Å². The molecule has 24 heavy (non-hydrogen) atoms. The van der Waals surface area contributed by atoms with Crippen molar-refractivity contribution in [3.8, 4) is 5.75 Å². The van der Waals surface area contributed by atoms with Gasteiger partial charge in [-0.05, 0) is 43.3 Å². The molecule has 0 heterocycles. The Kier molecular flexibility index (Phi) is 5.47. The maximum absolute atomic E-state index is 12.8. The molecule has 0 fully saturated rings. The summed E-state index contributed by atoms with van der Waals surface area (Å²) in [7, 11) is 1.62. The van der Waals surface area contributed by atoms with Crippen molar-refractivity contribution in [3.63, 3.8) is 0 Å². The average Bonchev–Trinajstić information content (AvgIpc) is 2.55. The summed E-state index contributed by atoms with van der Waals surface area (Å²) < 4.78 is 18.2. The van der Waals surface area contributed by atoms with Crippen LogP contribution in [0.4, 0.5) is 10.1 Å². The lowest BCUT2D eigenvalue weighted by Crippen LogP contribution is -2.30. The molecule has 0 bridgehead atoms. The van der Waals surface area contributed by atoms with Gasteiger partial charge in [0.1, 0.15) is 18.2 Å². The first kappa shape index (κ1) is 17.4. The van der Waals surface area contributed by atoms with Crippen molar-refractivity contribution in [2.24, 2.45) is 0 Å². The van der Waals surface area contributed by atoms with E-state index in [0.29, 0.717) is 23.4 Å². The second kappa shape index (κ2) is 7.54. The topological polar surface area (TPSA) is 72.7 Å². The van der Waals surface area contributed by atoms with E-state index in [-0.39, 0.29) is 24.0 Å². The lowest BCUT2D eigenvalue weighted by Gasteiger charge is -2.17. The van der Waals surface area contributed by atoms with Gasteiger partial charge >= 0.3 is 0 Å². The minimum absolute atomic E-state index is 0.0196. The molecule has 0 aliphatic carbocycles. The Bertz CT molecular complexity index is 747. The standard InChI is InChI=1S/C17H17FN2O4/c1-12-11-13(3-8-16(12)20(22)23)17(21)19(2)9-10-24-15-6-4-14(18)5-7-15/h3-8,11H,9-10H2,1-2H3. The van der Waals surface area contributed by atoms with Crippen LogP contribution < -0.4 is 4.74 Å². The van der Waals surface area contributed by atoms with Gasteiger partial charge in [0.05, 0.1) is 11.5 Å². The molecule has 7 heteroatoms. The third-order valence-electron chi connectivity index (χ3n) is 3.50. The van der Waals surface area contributed by atoms with E-state index in [4.69, 9.17) is 4.74 Å². The molecule has 6 nitrogen and oxygen atoms in total. The summed E-state index contributed by atoms with van der Waals surface area (Å²) in [5, 5.41) is 10.8. The molecule has 1 amide bonds. The van der Waals surface area contributed by atoms with Crippen molar-refractivity contribution >= 4 is 11.6 Å². The number of halogens is 1.